The van der Waals surface area contributed by atoms with Crippen molar-refractivity contribution in [2.75, 3.05) is 18.6 Å². The smallest absolute Gasteiger partial charge is 0.329 e. The number of amides is 2. The fourth-order valence-corrected chi connectivity index (χ4v) is 2.95. The molecular weight excluding hydrogens is 376 g/mol. The van der Waals surface area contributed by atoms with Gasteiger partial charge in [-0.05, 0) is 55.4 Å². The van der Waals surface area contributed by atoms with Crippen LogP contribution in [0, 0.1) is 0 Å². The molecule has 2 atom stereocenters. The van der Waals surface area contributed by atoms with E-state index in [-0.39, 0.29) is 17.2 Å². The lowest BCUT2D eigenvalue weighted by molar-refractivity contribution is -0.156. The number of nitrogens with one attached hydrogen (secondary N) is 2. The molecule has 156 valence electrons. The summed E-state index contributed by atoms with van der Waals surface area (Å²) in [6.07, 6.45) is 1.44. The number of thioether (sulfide) groups is 1. The molecule has 0 radical (unpaired) electrons. The number of benzene rings is 1. The van der Waals surface area contributed by atoms with Crippen molar-refractivity contribution in [2.24, 2.45) is 0 Å². The van der Waals surface area contributed by atoms with E-state index in [1.54, 1.807) is 30.8 Å². The van der Waals surface area contributed by atoms with Gasteiger partial charge in [-0.3, -0.25) is 9.59 Å². The summed E-state index contributed by atoms with van der Waals surface area (Å²) < 4.78 is 5.25. The summed E-state index contributed by atoms with van der Waals surface area (Å²) in [6.45, 7) is 10.1. The third kappa shape index (κ3) is 7.54. The zero-order chi connectivity index (χ0) is 21.3. The van der Waals surface area contributed by atoms with Crippen molar-refractivity contribution >= 4 is 29.5 Å². The summed E-state index contributed by atoms with van der Waals surface area (Å²) >= 11 is 1.57. The number of carbonyl (C=O) groups is 3. The van der Waals surface area contributed by atoms with Gasteiger partial charge in [0, 0.05) is 12.1 Å². The number of esters is 1. The normalized spacial score (nSPS) is 13.4. The Kier molecular flexibility index (Phi) is 9.52. The molecule has 0 heterocycles. The molecule has 0 fully saturated rings. The van der Waals surface area contributed by atoms with Crippen molar-refractivity contribution in [3.8, 4) is 0 Å². The lowest BCUT2D eigenvalue weighted by Gasteiger charge is -2.21. The van der Waals surface area contributed by atoms with Crippen molar-refractivity contribution in [3.05, 3.63) is 35.4 Å². The van der Waals surface area contributed by atoms with E-state index in [1.807, 2.05) is 18.4 Å². The molecule has 0 unspecified atom stereocenters. The van der Waals surface area contributed by atoms with Crippen LogP contribution >= 0.6 is 11.8 Å². The van der Waals surface area contributed by atoms with Gasteiger partial charge in [-0.25, -0.2) is 4.79 Å². The largest absolute Gasteiger partial charge is 0.451 e. The van der Waals surface area contributed by atoms with Crippen LogP contribution in [-0.2, 0) is 19.7 Å². The second-order valence-corrected chi connectivity index (χ2v) is 8.59. The van der Waals surface area contributed by atoms with Gasteiger partial charge < -0.3 is 15.4 Å². The second-order valence-electron chi connectivity index (χ2n) is 7.61. The number of likely N-dealkylation sites (N-methyl/N-ethyl adjacent to an activating group) is 1. The van der Waals surface area contributed by atoms with Crippen molar-refractivity contribution in [3.63, 3.8) is 0 Å². The molecule has 0 aliphatic carbocycles. The molecule has 6 nitrogen and oxygen atoms in total. The van der Waals surface area contributed by atoms with Crippen LogP contribution in [0.3, 0.4) is 0 Å². The molecule has 0 bridgehead atoms. The fraction of sp³-hybridized carbons (Fsp3) is 0.571. The van der Waals surface area contributed by atoms with E-state index in [2.05, 4.69) is 31.4 Å². The van der Waals surface area contributed by atoms with Crippen molar-refractivity contribution in [1.82, 2.24) is 10.6 Å². The van der Waals surface area contributed by atoms with E-state index < -0.39 is 18.1 Å². The minimum Gasteiger partial charge on any atom is -0.451 e. The molecule has 1 aromatic rings. The summed E-state index contributed by atoms with van der Waals surface area (Å²) in [5.41, 5.74) is 1.60. The summed E-state index contributed by atoms with van der Waals surface area (Å²) in [4.78, 5) is 36.9. The lowest BCUT2D eigenvalue weighted by atomic mass is 9.86. The van der Waals surface area contributed by atoms with Gasteiger partial charge in [0.15, 0.2) is 6.10 Å². The highest BCUT2D eigenvalue weighted by atomic mass is 32.2. The highest BCUT2D eigenvalue weighted by Gasteiger charge is 2.26. The van der Waals surface area contributed by atoms with Crippen LogP contribution in [0.15, 0.2) is 24.3 Å². The van der Waals surface area contributed by atoms with E-state index in [4.69, 9.17) is 4.74 Å². The van der Waals surface area contributed by atoms with Gasteiger partial charge in [0.1, 0.15) is 6.04 Å². The average Bonchev–Trinajstić information content (AvgIpc) is 2.64. The molecule has 0 aliphatic heterocycles. The Morgan fingerprint density at radius 2 is 1.75 bits per heavy atom. The lowest BCUT2D eigenvalue weighted by Crippen LogP contribution is -2.45. The Labute approximate surface area is 172 Å². The average molecular weight is 409 g/mol. The molecular formula is C21H32N2O4S. The maximum Gasteiger partial charge on any atom is 0.329 e. The minimum atomic E-state index is -0.910. The van der Waals surface area contributed by atoms with Gasteiger partial charge >= 0.3 is 5.97 Å². The first-order valence-electron chi connectivity index (χ1n) is 9.48. The van der Waals surface area contributed by atoms with Crippen LogP contribution in [0.5, 0.6) is 0 Å². The van der Waals surface area contributed by atoms with Gasteiger partial charge in [-0.2, -0.15) is 11.8 Å². The van der Waals surface area contributed by atoms with E-state index in [9.17, 15) is 14.4 Å². The van der Waals surface area contributed by atoms with Gasteiger partial charge in [-0.1, -0.05) is 32.9 Å². The van der Waals surface area contributed by atoms with Crippen LogP contribution in [-0.4, -0.2) is 48.5 Å². The minimum absolute atomic E-state index is 0.00506. The van der Waals surface area contributed by atoms with E-state index >= 15 is 0 Å². The number of rotatable bonds is 9. The number of carbonyl (C=O) groups excluding carboxylic acids is 3. The van der Waals surface area contributed by atoms with Crippen LogP contribution in [0.2, 0.25) is 0 Å². The highest BCUT2D eigenvalue weighted by molar-refractivity contribution is 7.98. The topological polar surface area (TPSA) is 84.5 Å². The maximum absolute atomic E-state index is 12.6. The second kappa shape index (κ2) is 11.1. The Balaban J connectivity index is 2.82. The molecule has 0 saturated carbocycles. The Hall–Kier alpha value is -2.02. The summed E-state index contributed by atoms with van der Waals surface area (Å²) in [7, 11) is 0. The van der Waals surface area contributed by atoms with Gasteiger partial charge in [0.05, 0.1) is 0 Å². The third-order valence-corrected chi connectivity index (χ3v) is 4.87. The molecule has 0 aromatic heterocycles. The molecule has 1 aromatic carbocycles. The first-order valence-corrected chi connectivity index (χ1v) is 10.9. The van der Waals surface area contributed by atoms with Gasteiger partial charge in [-0.15, -0.1) is 0 Å². The molecule has 28 heavy (non-hydrogen) atoms. The Morgan fingerprint density at radius 3 is 2.25 bits per heavy atom. The zero-order valence-corrected chi connectivity index (χ0v) is 18.4. The molecule has 2 amide bonds. The quantitative estimate of drug-likeness (QED) is 0.614. The molecule has 7 heteroatoms. The van der Waals surface area contributed by atoms with Crippen LogP contribution in [0.25, 0.3) is 0 Å². The fourth-order valence-electron chi connectivity index (χ4n) is 2.48. The summed E-state index contributed by atoms with van der Waals surface area (Å²) in [5.74, 6) is -0.622. The number of hydrogen-bond donors (Lipinski definition) is 2. The van der Waals surface area contributed by atoms with Crippen LogP contribution < -0.4 is 10.6 Å². The predicted octanol–water partition coefficient (Wildman–Crippen LogP) is 2.90. The van der Waals surface area contributed by atoms with Crippen molar-refractivity contribution in [1.29, 1.82) is 0 Å². The van der Waals surface area contributed by atoms with Crippen molar-refractivity contribution < 1.29 is 19.1 Å². The van der Waals surface area contributed by atoms with Crippen molar-refractivity contribution in [2.45, 2.75) is 58.6 Å². The first kappa shape index (κ1) is 24.0. The van der Waals surface area contributed by atoms with E-state index in [1.165, 1.54) is 6.92 Å². The van der Waals surface area contributed by atoms with Crippen LogP contribution in [0.4, 0.5) is 0 Å². The maximum atomic E-state index is 12.6. The SMILES string of the molecule is CCNC(=O)[C@H](C)OC(=O)[C@H](CCSC)NC(=O)c1ccc(C(C)(C)C)cc1. The standard InChI is InChI=1S/C21H32N2O4S/c1-7-22-18(24)14(2)27-20(26)17(12-13-28-6)23-19(25)15-8-10-16(11-9-15)21(3,4)5/h8-11,14,17H,7,12-13H2,1-6H3,(H,22,24)(H,23,25)/t14-,17-/m0/s1. The third-order valence-electron chi connectivity index (χ3n) is 4.23. The highest BCUT2D eigenvalue weighted by Crippen LogP contribution is 2.22. The molecule has 0 saturated heterocycles. The number of hydrogen-bond acceptors (Lipinski definition) is 5. The van der Waals surface area contributed by atoms with Crippen LogP contribution in [0.1, 0.15) is 57.0 Å². The van der Waals surface area contributed by atoms with E-state index in [0.717, 1.165) is 5.56 Å². The van der Waals surface area contributed by atoms with E-state index in [0.29, 0.717) is 24.3 Å². The molecule has 0 spiro atoms. The zero-order valence-electron chi connectivity index (χ0n) is 17.6. The first-order chi connectivity index (χ1) is 13.1. The molecule has 0 aliphatic rings. The molecule has 1 rings (SSSR count). The predicted molar refractivity (Wildman–Crippen MR) is 114 cm³/mol. The summed E-state index contributed by atoms with van der Waals surface area (Å²) in [6, 6.07) is 6.54. The molecule has 2 N–H and O–H groups in total. The van der Waals surface area contributed by atoms with Gasteiger partial charge in [0.2, 0.25) is 0 Å². The Bertz CT molecular complexity index is 668. The summed E-state index contributed by atoms with van der Waals surface area (Å²) in [5, 5.41) is 5.35. The van der Waals surface area contributed by atoms with Gasteiger partial charge in [0.25, 0.3) is 11.8 Å². The Morgan fingerprint density at radius 1 is 1.14 bits per heavy atom. The monoisotopic (exact) mass is 408 g/mol. The number of ether oxygens (including phenoxy) is 1.